The molecule has 0 unspecified atom stereocenters. The normalized spacial score (nSPS) is 30.5. The topological polar surface area (TPSA) is 46.6 Å². The molecular formula is C28H27NO3. The summed E-state index contributed by atoms with van der Waals surface area (Å²) >= 11 is 0. The van der Waals surface area contributed by atoms with E-state index < -0.39 is 16.9 Å². The van der Waals surface area contributed by atoms with Gasteiger partial charge in [0.15, 0.2) is 5.78 Å². The first kappa shape index (κ1) is 20.5. The third-order valence-electron chi connectivity index (χ3n) is 7.46. The molecule has 2 aromatic rings. The van der Waals surface area contributed by atoms with Gasteiger partial charge in [-0.2, -0.15) is 0 Å². The zero-order valence-electron chi connectivity index (χ0n) is 18.6. The Morgan fingerprint density at radius 3 is 1.69 bits per heavy atom. The van der Waals surface area contributed by atoms with Gasteiger partial charge in [-0.3, -0.25) is 9.69 Å². The quantitative estimate of drug-likeness (QED) is 0.612. The lowest BCUT2D eigenvalue weighted by atomic mass is 9.62. The van der Waals surface area contributed by atoms with Crippen molar-refractivity contribution in [3.8, 4) is 0 Å². The molecule has 3 aliphatic rings. The van der Waals surface area contributed by atoms with Gasteiger partial charge in [0, 0.05) is 24.2 Å². The lowest BCUT2D eigenvalue weighted by molar-refractivity contribution is -0.127. The second-order valence-corrected chi connectivity index (χ2v) is 9.06. The third kappa shape index (κ3) is 2.62. The summed E-state index contributed by atoms with van der Waals surface area (Å²) in [6.45, 7) is 6.26. The van der Waals surface area contributed by atoms with Gasteiger partial charge in [-0.1, -0.05) is 72.8 Å². The van der Waals surface area contributed by atoms with Crippen molar-refractivity contribution in [1.29, 1.82) is 0 Å². The smallest absolute Gasteiger partial charge is 0.417 e. The van der Waals surface area contributed by atoms with Crippen molar-refractivity contribution in [2.24, 2.45) is 22.7 Å². The van der Waals surface area contributed by atoms with E-state index in [4.69, 9.17) is 4.74 Å². The standard InChI is InChI=1S/C28H27NO3/c1-4-32-26(31)29-17-15-21-22(16-18-29)28(3)24(20-13-9-6-10-14-20)23(27(21,2)25(28)30)19-11-7-5-8-12-19/h5-18,21-22H,4H2,1-3H3/t21-,22+,27-,28-/m1/s1. The van der Waals surface area contributed by atoms with Crippen LogP contribution in [0.4, 0.5) is 4.79 Å². The van der Waals surface area contributed by atoms with Gasteiger partial charge in [-0.25, -0.2) is 4.79 Å². The molecule has 0 radical (unpaired) electrons. The van der Waals surface area contributed by atoms with Gasteiger partial charge in [0.25, 0.3) is 0 Å². The van der Waals surface area contributed by atoms with E-state index in [0.29, 0.717) is 6.61 Å². The number of ether oxygens (including phenoxy) is 1. The number of amides is 1. The lowest BCUT2D eigenvalue weighted by Gasteiger charge is -2.39. The number of ketones is 1. The molecule has 0 spiro atoms. The maximum atomic E-state index is 14.2. The molecule has 0 aromatic heterocycles. The van der Waals surface area contributed by atoms with Crippen LogP contribution in [0, 0.1) is 22.7 Å². The molecular weight excluding hydrogens is 398 g/mol. The molecule has 4 atom stereocenters. The Kier molecular flexibility index (Phi) is 4.70. The number of carbonyl (C=O) groups excluding carboxylic acids is 2. The van der Waals surface area contributed by atoms with E-state index in [1.807, 2.05) is 48.6 Å². The van der Waals surface area contributed by atoms with Crippen molar-refractivity contribution in [3.05, 3.63) is 96.3 Å². The highest BCUT2D eigenvalue weighted by atomic mass is 16.5. The highest BCUT2D eigenvalue weighted by Gasteiger charge is 2.70. The number of nitrogens with zero attached hydrogens (tertiary/aromatic N) is 1. The summed E-state index contributed by atoms with van der Waals surface area (Å²) in [7, 11) is 0. The van der Waals surface area contributed by atoms with Crippen molar-refractivity contribution in [1.82, 2.24) is 4.90 Å². The Labute approximate surface area is 188 Å². The molecule has 1 heterocycles. The Morgan fingerprint density at radius 2 is 1.28 bits per heavy atom. The maximum Gasteiger partial charge on any atom is 0.417 e. The minimum Gasteiger partial charge on any atom is -0.449 e. The van der Waals surface area contributed by atoms with Gasteiger partial charge in [-0.15, -0.1) is 0 Å². The largest absolute Gasteiger partial charge is 0.449 e. The number of hydrogen-bond donors (Lipinski definition) is 0. The van der Waals surface area contributed by atoms with Crippen LogP contribution in [-0.2, 0) is 9.53 Å². The minimum atomic E-state index is -0.697. The average molecular weight is 426 g/mol. The fraction of sp³-hybridized carbons (Fsp3) is 0.286. The molecule has 1 aliphatic heterocycles. The van der Waals surface area contributed by atoms with Gasteiger partial charge in [0.1, 0.15) is 0 Å². The molecule has 2 aromatic carbocycles. The first-order chi connectivity index (χ1) is 15.4. The van der Waals surface area contributed by atoms with Gasteiger partial charge < -0.3 is 4.74 Å². The number of rotatable bonds is 3. The Balaban J connectivity index is 1.74. The molecule has 2 bridgehead atoms. The van der Waals surface area contributed by atoms with Crippen molar-refractivity contribution in [2.75, 3.05) is 6.61 Å². The molecule has 0 saturated heterocycles. The zero-order valence-corrected chi connectivity index (χ0v) is 18.6. The van der Waals surface area contributed by atoms with Crippen molar-refractivity contribution in [2.45, 2.75) is 20.8 Å². The first-order valence-electron chi connectivity index (χ1n) is 11.2. The molecule has 32 heavy (non-hydrogen) atoms. The highest BCUT2D eigenvalue weighted by Crippen LogP contribution is 2.72. The molecule has 2 aliphatic carbocycles. The lowest BCUT2D eigenvalue weighted by Crippen LogP contribution is -2.31. The summed E-state index contributed by atoms with van der Waals surface area (Å²) in [4.78, 5) is 28.0. The fourth-order valence-electron chi connectivity index (χ4n) is 6.10. The van der Waals surface area contributed by atoms with E-state index in [2.05, 4.69) is 38.1 Å². The van der Waals surface area contributed by atoms with Gasteiger partial charge in [0.2, 0.25) is 0 Å². The van der Waals surface area contributed by atoms with Crippen LogP contribution in [0.15, 0.2) is 85.2 Å². The number of Topliss-reactive ketones (excluding diaryl/α,β-unsaturated/α-hetero) is 1. The number of benzene rings is 2. The van der Waals surface area contributed by atoms with Crippen LogP contribution in [0.3, 0.4) is 0 Å². The summed E-state index contributed by atoms with van der Waals surface area (Å²) < 4.78 is 5.19. The van der Waals surface area contributed by atoms with Crippen LogP contribution in [0.1, 0.15) is 31.9 Å². The van der Waals surface area contributed by atoms with Gasteiger partial charge in [0.05, 0.1) is 17.4 Å². The Bertz CT molecular complexity index is 1080. The second kappa shape index (κ2) is 7.33. The number of hydrogen-bond acceptors (Lipinski definition) is 3. The monoisotopic (exact) mass is 425 g/mol. The first-order valence-corrected chi connectivity index (χ1v) is 11.2. The zero-order chi connectivity index (χ0) is 22.5. The summed E-state index contributed by atoms with van der Waals surface area (Å²) in [5.41, 5.74) is 2.96. The van der Waals surface area contributed by atoms with E-state index in [1.54, 1.807) is 19.3 Å². The Hall–Kier alpha value is -3.40. The number of fused-ring (bicyclic) bond motifs is 5. The van der Waals surface area contributed by atoms with Crippen LogP contribution >= 0.6 is 0 Å². The minimum absolute atomic E-state index is 0.0571. The highest BCUT2D eigenvalue weighted by molar-refractivity contribution is 6.23. The number of allylic oxidation sites excluding steroid dienone is 4. The van der Waals surface area contributed by atoms with E-state index in [9.17, 15) is 9.59 Å². The summed E-state index contributed by atoms with van der Waals surface area (Å²) in [6, 6.07) is 20.5. The summed E-state index contributed by atoms with van der Waals surface area (Å²) in [6.07, 6.45) is 7.15. The SMILES string of the molecule is CCOC(=O)N1C=C[C@@H]2[C@H](C=C1)[C@@]1(C)C(=O)[C@@]2(C)C(c2ccccc2)=C1c1ccccc1. The van der Waals surface area contributed by atoms with Crippen molar-refractivity contribution in [3.63, 3.8) is 0 Å². The van der Waals surface area contributed by atoms with Crippen LogP contribution in [0.5, 0.6) is 0 Å². The van der Waals surface area contributed by atoms with E-state index in [1.165, 1.54) is 4.90 Å². The maximum absolute atomic E-state index is 14.2. The molecule has 5 rings (SSSR count). The third-order valence-corrected chi connectivity index (χ3v) is 7.46. The molecule has 1 saturated carbocycles. The van der Waals surface area contributed by atoms with Gasteiger partial charge in [-0.05, 0) is 43.0 Å². The Morgan fingerprint density at radius 1 is 0.844 bits per heavy atom. The fourth-order valence-corrected chi connectivity index (χ4v) is 6.10. The predicted octanol–water partition coefficient (Wildman–Crippen LogP) is 5.94. The van der Waals surface area contributed by atoms with Crippen LogP contribution in [-0.4, -0.2) is 23.4 Å². The molecule has 162 valence electrons. The van der Waals surface area contributed by atoms with Crippen LogP contribution in [0.25, 0.3) is 11.1 Å². The molecule has 4 heteroatoms. The molecule has 1 fully saturated rings. The predicted molar refractivity (Wildman–Crippen MR) is 125 cm³/mol. The second-order valence-electron chi connectivity index (χ2n) is 9.06. The van der Waals surface area contributed by atoms with Crippen LogP contribution in [0.2, 0.25) is 0 Å². The molecule has 0 N–H and O–H groups in total. The van der Waals surface area contributed by atoms with Crippen molar-refractivity contribution >= 4 is 23.0 Å². The summed E-state index contributed by atoms with van der Waals surface area (Å²) in [5.74, 6) is 0.133. The van der Waals surface area contributed by atoms with Crippen LogP contribution < -0.4 is 0 Å². The van der Waals surface area contributed by atoms with E-state index in [0.717, 1.165) is 22.3 Å². The average Bonchev–Trinajstić information content (AvgIpc) is 3.01. The number of carbonyl (C=O) groups is 2. The summed E-state index contributed by atoms with van der Waals surface area (Å²) in [5, 5.41) is 0. The van der Waals surface area contributed by atoms with Gasteiger partial charge >= 0.3 is 6.09 Å². The van der Waals surface area contributed by atoms with E-state index in [-0.39, 0.29) is 17.6 Å². The van der Waals surface area contributed by atoms with Crippen molar-refractivity contribution < 1.29 is 14.3 Å². The molecule has 4 nitrogen and oxygen atoms in total. The molecule has 1 amide bonds. The van der Waals surface area contributed by atoms with E-state index >= 15 is 0 Å².